The number of carbonyl (C=O) groups excluding carboxylic acids is 2. The quantitative estimate of drug-likeness (QED) is 0.0276. The number of allylic oxidation sites excluding steroid dienone is 4. The zero-order valence-electron chi connectivity index (χ0n) is 33.0. The molecule has 9 heteroatoms. The standard InChI is InChI=1S/C42H79O8P/c1-3-5-7-9-11-13-15-17-18-19-20-21-22-23-24-25-27-29-31-33-35-37-42(44)50-40(39-49-51(45,46)47)38-48-41(43)36-34-32-30-28-26-16-14-12-10-8-6-4-2/h12,14,17-18,40H,3-11,13,15-16,19-39H2,1-2H3,(H2,45,46,47)/b14-12+,18-17+/t40-/m1/s1. The molecule has 0 aromatic carbocycles. The first-order valence-electron chi connectivity index (χ1n) is 21.1. The van der Waals surface area contributed by atoms with Crippen molar-refractivity contribution >= 4 is 19.8 Å². The van der Waals surface area contributed by atoms with Crippen LogP contribution < -0.4 is 0 Å². The molecule has 0 aliphatic carbocycles. The highest BCUT2D eigenvalue weighted by molar-refractivity contribution is 7.46. The highest BCUT2D eigenvalue weighted by Gasteiger charge is 2.22. The molecule has 0 aliphatic heterocycles. The molecule has 0 radical (unpaired) electrons. The maximum Gasteiger partial charge on any atom is 0.469 e. The van der Waals surface area contributed by atoms with Crippen LogP contribution in [-0.2, 0) is 28.2 Å². The number of rotatable bonds is 39. The van der Waals surface area contributed by atoms with E-state index in [-0.39, 0.29) is 19.4 Å². The molecule has 0 spiro atoms. The lowest BCUT2D eigenvalue weighted by molar-refractivity contribution is -0.161. The second-order valence-corrected chi connectivity index (χ2v) is 15.5. The Hall–Kier alpha value is -1.47. The van der Waals surface area contributed by atoms with Crippen molar-refractivity contribution in [1.82, 2.24) is 0 Å². The summed E-state index contributed by atoms with van der Waals surface area (Å²) >= 11 is 0. The molecule has 0 rings (SSSR count). The number of ether oxygens (including phenoxy) is 2. The van der Waals surface area contributed by atoms with Crippen LogP contribution in [0.1, 0.15) is 213 Å². The Morgan fingerprint density at radius 1 is 0.490 bits per heavy atom. The highest BCUT2D eigenvalue weighted by atomic mass is 31.2. The van der Waals surface area contributed by atoms with Crippen molar-refractivity contribution in [3.63, 3.8) is 0 Å². The van der Waals surface area contributed by atoms with Crippen molar-refractivity contribution in [1.29, 1.82) is 0 Å². The lowest BCUT2D eigenvalue weighted by Gasteiger charge is -2.18. The van der Waals surface area contributed by atoms with Crippen LogP contribution in [0.3, 0.4) is 0 Å². The van der Waals surface area contributed by atoms with Crippen molar-refractivity contribution in [3.8, 4) is 0 Å². The summed E-state index contributed by atoms with van der Waals surface area (Å²) in [5, 5.41) is 0. The molecule has 300 valence electrons. The third-order valence-corrected chi connectivity index (χ3v) is 9.68. The van der Waals surface area contributed by atoms with Crippen molar-refractivity contribution in [2.45, 2.75) is 219 Å². The topological polar surface area (TPSA) is 119 Å². The molecule has 0 fully saturated rings. The first-order chi connectivity index (χ1) is 24.8. The zero-order valence-corrected chi connectivity index (χ0v) is 33.9. The van der Waals surface area contributed by atoms with Crippen LogP contribution in [0.2, 0.25) is 0 Å². The van der Waals surface area contributed by atoms with Crippen molar-refractivity contribution in [2.75, 3.05) is 13.2 Å². The molecule has 0 aromatic heterocycles. The van der Waals surface area contributed by atoms with E-state index < -0.39 is 32.5 Å². The molecule has 0 bridgehead atoms. The summed E-state index contributed by atoms with van der Waals surface area (Å²) in [6.45, 7) is 3.66. The number of phosphoric ester groups is 1. The highest BCUT2D eigenvalue weighted by Crippen LogP contribution is 2.36. The van der Waals surface area contributed by atoms with E-state index >= 15 is 0 Å². The van der Waals surface area contributed by atoms with Crippen molar-refractivity contribution in [2.24, 2.45) is 0 Å². The fourth-order valence-corrected chi connectivity index (χ4v) is 6.37. The molecule has 0 aromatic rings. The fourth-order valence-electron chi connectivity index (χ4n) is 6.01. The van der Waals surface area contributed by atoms with E-state index in [9.17, 15) is 14.2 Å². The number of carbonyl (C=O) groups is 2. The molecule has 1 atom stereocenters. The summed E-state index contributed by atoms with van der Waals surface area (Å²) in [7, 11) is -4.75. The monoisotopic (exact) mass is 743 g/mol. The molecule has 51 heavy (non-hydrogen) atoms. The Morgan fingerprint density at radius 2 is 0.824 bits per heavy atom. The van der Waals surface area contributed by atoms with Gasteiger partial charge in [-0.1, -0.05) is 160 Å². The maximum absolute atomic E-state index is 12.4. The second-order valence-electron chi connectivity index (χ2n) is 14.3. The molecular weight excluding hydrogens is 663 g/mol. The molecule has 8 nitrogen and oxygen atoms in total. The normalized spacial score (nSPS) is 12.6. The summed E-state index contributed by atoms with van der Waals surface area (Å²) in [6, 6.07) is 0. The third kappa shape index (κ3) is 41.2. The molecule has 0 heterocycles. The van der Waals surface area contributed by atoms with Crippen LogP contribution in [0, 0.1) is 0 Å². The Kier molecular flexibility index (Phi) is 37.2. The minimum absolute atomic E-state index is 0.212. The smallest absolute Gasteiger partial charge is 0.462 e. The lowest BCUT2D eigenvalue weighted by atomic mass is 10.0. The van der Waals surface area contributed by atoms with Gasteiger partial charge >= 0.3 is 19.8 Å². The van der Waals surface area contributed by atoms with Gasteiger partial charge in [-0.05, 0) is 64.2 Å². The lowest BCUT2D eigenvalue weighted by Crippen LogP contribution is -2.29. The van der Waals surface area contributed by atoms with Gasteiger partial charge in [-0.15, -0.1) is 0 Å². The maximum atomic E-state index is 12.4. The van der Waals surface area contributed by atoms with Crippen LogP contribution in [0.4, 0.5) is 0 Å². The predicted octanol–water partition coefficient (Wildman–Crippen LogP) is 12.8. The molecule has 0 saturated heterocycles. The van der Waals surface area contributed by atoms with Gasteiger partial charge in [0.1, 0.15) is 6.61 Å². The van der Waals surface area contributed by atoms with Gasteiger partial charge in [-0.3, -0.25) is 14.1 Å². The minimum Gasteiger partial charge on any atom is -0.462 e. The Morgan fingerprint density at radius 3 is 1.24 bits per heavy atom. The van der Waals surface area contributed by atoms with E-state index in [0.717, 1.165) is 51.4 Å². The Labute approximate surface area is 313 Å². The minimum atomic E-state index is -4.75. The number of esters is 2. The van der Waals surface area contributed by atoms with Crippen molar-refractivity contribution < 1.29 is 37.9 Å². The first-order valence-corrected chi connectivity index (χ1v) is 22.7. The summed E-state index contributed by atoms with van der Waals surface area (Å²) in [5.41, 5.74) is 0. The Bertz CT molecular complexity index is 884. The summed E-state index contributed by atoms with van der Waals surface area (Å²) in [4.78, 5) is 42.8. The van der Waals surface area contributed by atoms with E-state index in [2.05, 4.69) is 42.7 Å². The van der Waals surface area contributed by atoms with Gasteiger partial charge in [0.25, 0.3) is 0 Å². The largest absolute Gasteiger partial charge is 0.469 e. The van der Waals surface area contributed by atoms with E-state index in [4.69, 9.17) is 19.3 Å². The summed E-state index contributed by atoms with van der Waals surface area (Å²) in [5.74, 6) is -0.890. The van der Waals surface area contributed by atoms with E-state index in [0.29, 0.717) is 12.8 Å². The van der Waals surface area contributed by atoms with Crippen LogP contribution in [-0.4, -0.2) is 41.0 Å². The molecule has 0 saturated carbocycles. The number of unbranched alkanes of at least 4 members (excludes halogenated alkanes) is 25. The summed E-state index contributed by atoms with van der Waals surface area (Å²) < 4.78 is 26.4. The van der Waals surface area contributed by atoms with Crippen molar-refractivity contribution in [3.05, 3.63) is 24.3 Å². The second kappa shape index (κ2) is 38.3. The molecule has 0 unspecified atom stereocenters. The van der Waals surface area contributed by atoms with Gasteiger partial charge in [-0.2, -0.15) is 0 Å². The van der Waals surface area contributed by atoms with E-state index in [1.165, 1.54) is 122 Å². The number of phosphoric acid groups is 1. The summed E-state index contributed by atoms with van der Waals surface area (Å²) in [6.07, 6.45) is 43.3. The Balaban J connectivity index is 3.86. The average Bonchev–Trinajstić information content (AvgIpc) is 3.10. The molecule has 0 amide bonds. The average molecular weight is 743 g/mol. The molecule has 0 aliphatic rings. The third-order valence-electron chi connectivity index (χ3n) is 9.19. The molecule has 2 N–H and O–H groups in total. The zero-order chi connectivity index (χ0) is 37.5. The van der Waals surface area contributed by atoms with Gasteiger partial charge in [0.2, 0.25) is 0 Å². The van der Waals surface area contributed by atoms with Gasteiger partial charge in [-0.25, -0.2) is 4.57 Å². The van der Waals surface area contributed by atoms with Gasteiger partial charge in [0.05, 0.1) is 6.61 Å². The van der Waals surface area contributed by atoms with E-state index in [1.54, 1.807) is 0 Å². The van der Waals surface area contributed by atoms with Gasteiger partial charge < -0.3 is 19.3 Å². The first kappa shape index (κ1) is 49.5. The van der Waals surface area contributed by atoms with Gasteiger partial charge in [0.15, 0.2) is 6.10 Å². The van der Waals surface area contributed by atoms with Crippen LogP contribution >= 0.6 is 7.82 Å². The van der Waals surface area contributed by atoms with Crippen LogP contribution in [0.15, 0.2) is 24.3 Å². The van der Waals surface area contributed by atoms with Crippen LogP contribution in [0.25, 0.3) is 0 Å². The number of hydrogen-bond acceptors (Lipinski definition) is 6. The predicted molar refractivity (Wildman–Crippen MR) is 212 cm³/mol. The SMILES string of the molecule is CCCCC/C=C/CCCCCCCC(=O)OC[C@H](COP(=O)(O)O)OC(=O)CCCCCCCCCCCCC/C=C/CCCCCCCC. The van der Waals surface area contributed by atoms with Crippen LogP contribution in [0.5, 0.6) is 0 Å². The number of hydrogen-bond donors (Lipinski definition) is 2. The fraction of sp³-hybridized carbons (Fsp3) is 0.857. The van der Waals surface area contributed by atoms with E-state index in [1.807, 2.05) is 0 Å². The molecular formula is C42H79O8P. The van der Waals surface area contributed by atoms with Gasteiger partial charge in [0, 0.05) is 12.8 Å².